The number of rotatable bonds is 4. The van der Waals surface area contributed by atoms with Crippen molar-refractivity contribution < 1.29 is 22.0 Å². The number of halogens is 5. The lowest BCUT2D eigenvalue weighted by Gasteiger charge is -2.26. The van der Waals surface area contributed by atoms with E-state index in [2.05, 4.69) is 6.07 Å². The standard InChI is InChI=1S/C18H16F5/c1-3-13-6-4-5-7-15(13)16-10-14(9-8-12(16)2)17(20,11-19)18(21,22)23/h4-7,9-10H,3,11H2,1-2H3. The summed E-state index contributed by atoms with van der Waals surface area (Å²) in [6, 6.07) is 11.8. The summed E-state index contributed by atoms with van der Waals surface area (Å²) in [5.74, 6) is 0. The lowest BCUT2D eigenvalue weighted by molar-refractivity contribution is -0.240. The number of aryl methyl sites for hydroxylation is 2. The summed E-state index contributed by atoms with van der Waals surface area (Å²) in [4.78, 5) is 0. The fourth-order valence-electron chi connectivity index (χ4n) is 2.49. The minimum atomic E-state index is -5.33. The molecular weight excluding hydrogens is 311 g/mol. The molecule has 2 aromatic carbocycles. The molecule has 23 heavy (non-hydrogen) atoms. The van der Waals surface area contributed by atoms with E-state index in [-0.39, 0.29) is 0 Å². The molecule has 0 fully saturated rings. The molecule has 0 N–H and O–H groups in total. The Morgan fingerprint density at radius 2 is 1.70 bits per heavy atom. The third-order valence-electron chi connectivity index (χ3n) is 3.93. The fourth-order valence-corrected chi connectivity index (χ4v) is 2.49. The van der Waals surface area contributed by atoms with Crippen LogP contribution in [0.4, 0.5) is 22.0 Å². The first-order valence-corrected chi connectivity index (χ1v) is 7.17. The van der Waals surface area contributed by atoms with Crippen molar-refractivity contribution in [3.8, 4) is 11.1 Å². The molecule has 1 unspecified atom stereocenters. The fraction of sp³-hybridized carbons (Fsp3) is 0.333. The van der Waals surface area contributed by atoms with Gasteiger partial charge in [0.25, 0.3) is 5.67 Å². The van der Waals surface area contributed by atoms with Crippen LogP contribution in [0.2, 0.25) is 0 Å². The monoisotopic (exact) mass is 327 g/mol. The second-order valence-electron chi connectivity index (χ2n) is 5.37. The highest BCUT2D eigenvalue weighted by Gasteiger charge is 2.57. The lowest BCUT2D eigenvalue weighted by Crippen LogP contribution is -2.40. The van der Waals surface area contributed by atoms with Gasteiger partial charge in [0, 0.05) is 5.56 Å². The molecule has 0 nitrogen and oxygen atoms in total. The molecule has 1 radical (unpaired) electrons. The second kappa shape index (κ2) is 6.30. The maximum absolute atomic E-state index is 14.2. The Hall–Kier alpha value is -1.91. The number of hydrogen-bond acceptors (Lipinski definition) is 0. The van der Waals surface area contributed by atoms with Crippen LogP contribution in [-0.2, 0) is 12.1 Å². The average Bonchev–Trinajstić information content (AvgIpc) is 2.53. The van der Waals surface area contributed by atoms with Crippen molar-refractivity contribution in [1.29, 1.82) is 0 Å². The van der Waals surface area contributed by atoms with Gasteiger partial charge in [-0.3, -0.25) is 0 Å². The van der Waals surface area contributed by atoms with Gasteiger partial charge >= 0.3 is 6.18 Å². The topological polar surface area (TPSA) is 0 Å². The van der Waals surface area contributed by atoms with E-state index >= 15 is 0 Å². The zero-order valence-electron chi connectivity index (χ0n) is 12.8. The van der Waals surface area contributed by atoms with Crippen molar-refractivity contribution in [3.63, 3.8) is 0 Å². The summed E-state index contributed by atoms with van der Waals surface area (Å²) in [5, 5.41) is 0. The molecular formula is C18H16F5. The van der Waals surface area contributed by atoms with E-state index in [1.54, 1.807) is 19.1 Å². The molecule has 0 aliphatic heterocycles. The van der Waals surface area contributed by atoms with Crippen molar-refractivity contribution in [3.05, 3.63) is 59.2 Å². The maximum atomic E-state index is 14.2. The summed E-state index contributed by atoms with van der Waals surface area (Å²) >= 11 is 0. The summed E-state index contributed by atoms with van der Waals surface area (Å²) in [5.41, 5.74) is -2.16. The Morgan fingerprint density at radius 1 is 1.04 bits per heavy atom. The molecule has 0 spiro atoms. The molecule has 1 atom stereocenters. The van der Waals surface area contributed by atoms with Crippen LogP contribution in [0.25, 0.3) is 11.1 Å². The number of hydrogen-bond donors (Lipinski definition) is 0. The lowest BCUT2D eigenvalue weighted by atomic mass is 9.88. The molecule has 0 saturated carbocycles. The largest absolute Gasteiger partial charge is 0.429 e. The van der Waals surface area contributed by atoms with Gasteiger partial charge in [0.2, 0.25) is 0 Å². The third kappa shape index (κ3) is 3.09. The second-order valence-corrected chi connectivity index (χ2v) is 5.37. The van der Waals surface area contributed by atoms with Crippen LogP contribution in [0.3, 0.4) is 0 Å². The summed E-state index contributed by atoms with van der Waals surface area (Å²) in [6.07, 6.45) is -4.66. The van der Waals surface area contributed by atoms with E-state index in [1.165, 1.54) is 0 Å². The first kappa shape index (κ1) is 17.4. The predicted molar refractivity (Wildman–Crippen MR) is 79.6 cm³/mol. The quantitative estimate of drug-likeness (QED) is 0.630. The summed E-state index contributed by atoms with van der Waals surface area (Å²) < 4.78 is 66.0. The molecule has 0 amide bonds. The molecule has 0 heterocycles. The molecule has 2 aromatic rings. The van der Waals surface area contributed by atoms with Crippen molar-refractivity contribution in [2.24, 2.45) is 0 Å². The number of benzene rings is 2. The highest BCUT2D eigenvalue weighted by Crippen LogP contribution is 2.44. The Bertz CT molecular complexity index is 690. The molecule has 0 saturated heterocycles. The minimum absolute atomic E-state index is 0.430. The maximum Gasteiger partial charge on any atom is 0.429 e. The van der Waals surface area contributed by atoms with Gasteiger partial charge in [-0.15, -0.1) is 0 Å². The van der Waals surface area contributed by atoms with E-state index in [0.717, 1.165) is 17.7 Å². The molecule has 0 aromatic heterocycles. The van der Waals surface area contributed by atoms with Crippen molar-refractivity contribution in [2.75, 3.05) is 6.67 Å². The molecule has 2 rings (SSSR count). The average molecular weight is 327 g/mol. The van der Waals surface area contributed by atoms with Crippen molar-refractivity contribution in [1.82, 2.24) is 0 Å². The van der Waals surface area contributed by atoms with Crippen molar-refractivity contribution in [2.45, 2.75) is 32.1 Å². The van der Waals surface area contributed by atoms with Crippen LogP contribution in [0.15, 0.2) is 36.4 Å². The predicted octanol–water partition coefficient (Wildman–Crippen LogP) is 5.72. The number of alkyl halides is 5. The van der Waals surface area contributed by atoms with Gasteiger partial charge in [-0.05, 0) is 53.8 Å². The van der Waals surface area contributed by atoms with Crippen LogP contribution in [0.5, 0.6) is 0 Å². The van der Waals surface area contributed by atoms with Gasteiger partial charge in [0.1, 0.15) is 6.67 Å². The molecule has 0 aliphatic carbocycles. The van der Waals surface area contributed by atoms with Crippen LogP contribution in [0.1, 0.15) is 23.6 Å². The van der Waals surface area contributed by atoms with Gasteiger partial charge in [-0.2, -0.15) is 13.2 Å². The van der Waals surface area contributed by atoms with Crippen LogP contribution >= 0.6 is 0 Å². The Morgan fingerprint density at radius 3 is 2.26 bits per heavy atom. The van der Waals surface area contributed by atoms with E-state index in [1.807, 2.05) is 19.1 Å². The summed E-state index contributed by atoms with van der Waals surface area (Å²) in [6.45, 7) is 1.43. The molecule has 123 valence electrons. The smallest absolute Gasteiger partial charge is 0.247 e. The van der Waals surface area contributed by atoms with Gasteiger partial charge in [0.15, 0.2) is 0 Å². The molecule has 0 aliphatic rings. The van der Waals surface area contributed by atoms with E-state index in [0.29, 0.717) is 23.1 Å². The van der Waals surface area contributed by atoms with Gasteiger partial charge < -0.3 is 0 Å². The molecule has 5 heteroatoms. The Kier molecular flexibility index (Phi) is 4.78. The first-order chi connectivity index (χ1) is 10.7. The summed E-state index contributed by atoms with van der Waals surface area (Å²) in [7, 11) is 0. The third-order valence-corrected chi connectivity index (χ3v) is 3.93. The van der Waals surface area contributed by atoms with E-state index in [9.17, 15) is 22.0 Å². The van der Waals surface area contributed by atoms with Gasteiger partial charge in [-0.1, -0.05) is 31.2 Å². The van der Waals surface area contributed by atoms with Gasteiger partial charge in [0.05, 0.1) is 0 Å². The van der Waals surface area contributed by atoms with E-state index in [4.69, 9.17) is 0 Å². The van der Waals surface area contributed by atoms with Crippen LogP contribution in [-0.4, -0.2) is 12.9 Å². The molecule has 0 bridgehead atoms. The van der Waals surface area contributed by atoms with Crippen molar-refractivity contribution >= 4 is 0 Å². The van der Waals surface area contributed by atoms with Crippen LogP contribution in [0, 0.1) is 13.0 Å². The Labute approximate surface area is 132 Å². The highest BCUT2D eigenvalue weighted by molar-refractivity contribution is 5.71. The Balaban J connectivity index is 2.65. The minimum Gasteiger partial charge on any atom is -0.247 e. The first-order valence-electron chi connectivity index (χ1n) is 7.17. The zero-order valence-corrected chi connectivity index (χ0v) is 12.8. The van der Waals surface area contributed by atoms with Gasteiger partial charge in [-0.25, -0.2) is 8.78 Å². The van der Waals surface area contributed by atoms with E-state index < -0.39 is 24.1 Å². The zero-order chi connectivity index (χ0) is 17.3. The highest BCUT2D eigenvalue weighted by atomic mass is 19.4. The normalized spacial score (nSPS) is 14.6. The van der Waals surface area contributed by atoms with Crippen LogP contribution < -0.4 is 0 Å². The SMILES string of the molecule is CCc1ccccc1-c1cc(C(F)(CF)C(F)(F)F)c[c]c1C.